The van der Waals surface area contributed by atoms with E-state index in [0.29, 0.717) is 25.0 Å². The molecule has 35 nitrogen and oxygen atoms in total. The average molecular weight is 1320 g/mol. The zero-order valence-corrected chi connectivity index (χ0v) is 51.8. The molecular weight excluding hydrogens is 1240 g/mol. The van der Waals surface area contributed by atoms with Crippen LogP contribution in [0.3, 0.4) is 0 Å². The highest BCUT2D eigenvalue weighted by Crippen LogP contribution is 2.27. The number of aliphatic carboxylic acids is 3. The van der Waals surface area contributed by atoms with Gasteiger partial charge in [-0.25, -0.2) is 0 Å². The van der Waals surface area contributed by atoms with E-state index in [1.54, 1.807) is 6.26 Å². The van der Waals surface area contributed by atoms with Crippen LogP contribution in [0, 0.1) is 0 Å². The van der Waals surface area contributed by atoms with Gasteiger partial charge in [-0.05, 0) is 94.9 Å². The number of carboxylic acids is 3. The minimum absolute atomic E-state index is 0.0440. The van der Waals surface area contributed by atoms with E-state index in [2.05, 4.69) is 47.9 Å². The number of aliphatic hydroxyl groups excluding tert-OH is 2. The van der Waals surface area contributed by atoms with Gasteiger partial charge in [-0.3, -0.25) is 76.7 Å². The van der Waals surface area contributed by atoms with Crippen LogP contribution in [0.2, 0.25) is 0 Å². The number of aliphatic hydroxyl groups is 2. The SMILES string of the molecule is CSCC[C@H](NC(=O)CNC(=O)[C@@H](NC(C)=O)[C@@H](C)O)C(=O)N1CCC[C@H]1C(=O)N1CCC[C@H]1C(=O)N[C@@H](C)C(=O)N[C@@H](CC(=O)O)C(=O)N[C@@H](CCC(=O)O)C(=O)N[C@@H](CC(=O)O)C(=O)N[C@@H](Cc1ccc(O)cc1)C(=O)N[C@@H](CO)C(=O)N1CCC[C@H]1C(N)=O. The van der Waals surface area contributed by atoms with Gasteiger partial charge in [0.05, 0.1) is 32.1 Å². The van der Waals surface area contributed by atoms with E-state index in [1.807, 2.05) is 0 Å². The first-order valence-corrected chi connectivity index (χ1v) is 30.8. The highest BCUT2D eigenvalue weighted by molar-refractivity contribution is 7.98. The van der Waals surface area contributed by atoms with E-state index in [1.165, 1.54) is 52.8 Å². The lowest BCUT2D eigenvalue weighted by Gasteiger charge is -2.33. The number of thioether (sulfide) groups is 1. The Balaban J connectivity index is 1.47. The van der Waals surface area contributed by atoms with Crippen molar-refractivity contribution in [1.82, 2.24) is 62.6 Å². The van der Waals surface area contributed by atoms with Gasteiger partial charge in [-0.15, -0.1) is 0 Å². The fourth-order valence-electron chi connectivity index (χ4n) is 10.5. The van der Waals surface area contributed by atoms with Crippen molar-refractivity contribution in [3.8, 4) is 5.75 Å². The lowest BCUT2D eigenvalue weighted by atomic mass is 10.0. The summed E-state index contributed by atoms with van der Waals surface area (Å²) in [5.41, 5.74) is 5.72. The molecular formula is C56H81N13O22S. The van der Waals surface area contributed by atoms with Crippen LogP contribution in [0.4, 0.5) is 0 Å². The molecule has 0 aromatic heterocycles. The summed E-state index contributed by atoms with van der Waals surface area (Å²) in [5, 5.41) is 79.8. The largest absolute Gasteiger partial charge is 0.508 e. The maximum atomic E-state index is 14.3. The highest BCUT2D eigenvalue weighted by atomic mass is 32.2. The molecule has 1 aromatic carbocycles. The van der Waals surface area contributed by atoms with E-state index >= 15 is 0 Å². The third-order valence-corrected chi connectivity index (χ3v) is 15.8. The van der Waals surface area contributed by atoms with Crippen LogP contribution < -0.4 is 53.6 Å². The number of phenolic OH excluding ortho intramolecular Hbond substituents is 1. The smallest absolute Gasteiger partial charge is 0.305 e. The quantitative estimate of drug-likeness (QED) is 0.0300. The molecule has 1 aromatic rings. The Kier molecular flexibility index (Phi) is 29.5. The van der Waals surface area contributed by atoms with Crippen molar-refractivity contribution in [2.75, 3.05) is 44.8 Å². The summed E-state index contributed by atoms with van der Waals surface area (Å²) >= 11 is 1.36. The van der Waals surface area contributed by atoms with Crippen molar-refractivity contribution in [3.05, 3.63) is 29.8 Å². The summed E-state index contributed by atoms with van der Waals surface area (Å²) in [6.45, 7) is 2.09. The van der Waals surface area contributed by atoms with E-state index in [4.69, 9.17) is 5.73 Å². The second kappa shape index (κ2) is 36.0. The van der Waals surface area contributed by atoms with Crippen LogP contribution >= 0.6 is 11.8 Å². The van der Waals surface area contributed by atoms with E-state index in [0.717, 1.165) is 18.7 Å². The molecule has 36 heteroatoms. The summed E-state index contributed by atoms with van der Waals surface area (Å²) < 4.78 is 0. The Labute approximate surface area is 531 Å². The Hall–Kier alpha value is -9.19. The van der Waals surface area contributed by atoms with Gasteiger partial charge in [-0.2, -0.15) is 11.8 Å². The van der Waals surface area contributed by atoms with Crippen LogP contribution in [-0.2, 0) is 83.1 Å². The molecule has 92 heavy (non-hydrogen) atoms. The lowest BCUT2D eigenvalue weighted by molar-refractivity contribution is -0.148. The van der Waals surface area contributed by atoms with Gasteiger partial charge in [0, 0.05) is 39.4 Å². The molecule has 0 bridgehead atoms. The topological polar surface area (TPSA) is 539 Å². The fourth-order valence-corrected chi connectivity index (χ4v) is 10.9. The molecule has 3 fully saturated rings. The predicted octanol–water partition coefficient (Wildman–Crippen LogP) is -6.63. The first-order chi connectivity index (χ1) is 43.4. The third-order valence-electron chi connectivity index (χ3n) is 15.2. The first-order valence-electron chi connectivity index (χ1n) is 29.5. The Bertz CT molecular complexity index is 2920. The predicted molar refractivity (Wildman–Crippen MR) is 318 cm³/mol. The first kappa shape index (κ1) is 75.3. The van der Waals surface area contributed by atoms with Gasteiger partial charge in [0.25, 0.3) is 0 Å². The number of benzene rings is 1. The second-order valence-corrected chi connectivity index (χ2v) is 23.2. The summed E-state index contributed by atoms with van der Waals surface area (Å²) in [5.74, 6) is -17.4. The molecule has 0 saturated carbocycles. The zero-order valence-electron chi connectivity index (χ0n) is 51.0. The number of hydrogen-bond acceptors (Lipinski definition) is 20. The standard InChI is InChI=1S/C56H81N13O22S/c1-27(59-52(87)39-9-6-19-68(39)56(91)40-10-7-20-69(40)54(89)33(17-21-92-4)61-41(74)25-58-53(88)45(28(2)71)60-29(3)72)47(82)63-35(23-43(77)78)50(85)62-32(15-16-42(75)76)48(83)65-36(24-44(79)80)51(86)64-34(22-30-11-13-31(73)14-12-30)49(84)66-37(26-70)55(90)67-18-5-8-38(67)46(57)81/h11-14,27-28,32-40,45,70-71,73H,5-10,15-26H2,1-4H3,(H2,57,81)(H,58,88)(H,59,87)(H,60,72)(H,61,74)(H,62,85)(H,63,82)(H,64,86)(H,65,83)(H,66,84)(H,75,76)(H,77,78)(H,79,80)/t27-,28+,32-,33-,34-,35-,36-,37-,38-,39-,40-,45-/m0/s1. The summed E-state index contributed by atoms with van der Waals surface area (Å²) in [6, 6.07) is -12.0. The Morgan fingerprint density at radius 2 is 1.07 bits per heavy atom. The van der Waals surface area contributed by atoms with Crippen LogP contribution in [0.1, 0.15) is 97.0 Å². The maximum absolute atomic E-state index is 14.3. The van der Waals surface area contributed by atoms with Crippen molar-refractivity contribution >= 4 is 106 Å². The Morgan fingerprint density at radius 1 is 0.576 bits per heavy atom. The number of phenols is 1. The molecule has 13 amide bonds. The Morgan fingerprint density at radius 3 is 1.60 bits per heavy atom. The summed E-state index contributed by atoms with van der Waals surface area (Å²) in [4.78, 5) is 214. The molecule has 4 rings (SSSR count). The number of likely N-dealkylation sites (tertiary alicyclic amines) is 3. The lowest BCUT2D eigenvalue weighted by Crippen LogP contribution is -2.61. The molecule has 3 aliphatic rings. The van der Waals surface area contributed by atoms with Gasteiger partial charge in [0.2, 0.25) is 76.8 Å². The van der Waals surface area contributed by atoms with Gasteiger partial charge in [0.1, 0.15) is 72.2 Å². The number of aromatic hydroxyl groups is 1. The monoisotopic (exact) mass is 1320 g/mol. The molecule has 3 aliphatic heterocycles. The number of nitrogens with zero attached hydrogens (tertiary/aromatic N) is 3. The highest BCUT2D eigenvalue weighted by Gasteiger charge is 2.45. The van der Waals surface area contributed by atoms with Crippen molar-refractivity contribution in [2.45, 2.75) is 170 Å². The minimum atomic E-state index is -2.13. The van der Waals surface area contributed by atoms with Crippen LogP contribution in [0.5, 0.6) is 5.75 Å². The number of carboxylic acid groups (broad SMARTS) is 3. The molecule has 0 unspecified atom stereocenters. The minimum Gasteiger partial charge on any atom is -0.508 e. The molecule has 0 radical (unpaired) electrons. The van der Waals surface area contributed by atoms with E-state index in [9.17, 15) is 107 Å². The number of hydrogen-bond donors (Lipinski definition) is 16. The number of carbonyl (C=O) groups excluding carboxylic acids is 13. The number of rotatable bonds is 35. The van der Waals surface area contributed by atoms with Crippen molar-refractivity contribution < 1.29 is 107 Å². The number of nitrogens with two attached hydrogens (primary N) is 1. The number of nitrogens with one attached hydrogen (secondary N) is 9. The number of amides is 13. The summed E-state index contributed by atoms with van der Waals surface area (Å²) in [7, 11) is 0. The molecule has 3 saturated heterocycles. The normalized spacial score (nSPS) is 18.9. The molecule has 508 valence electrons. The van der Waals surface area contributed by atoms with Crippen molar-refractivity contribution in [1.29, 1.82) is 0 Å². The summed E-state index contributed by atoms with van der Waals surface area (Å²) in [6.07, 6.45) is -2.46. The molecule has 3 heterocycles. The average Bonchev–Trinajstić information content (AvgIpc) is 1.65. The van der Waals surface area contributed by atoms with E-state index < -0.39 is 213 Å². The number of carbonyl (C=O) groups is 16. The molecule has 0 aliphatic carbocycles. The van der Waals surface area contributed by atoms with Gasteiger partial charge in [0.15, 0.2) is 0 Å². The van der Waals surface area contributed by atoms with E-state index in [-0.39, 0.29) is 56.6 Å². The van der Waals surface area contributed by atoms with Gasteiger partial charge in [-0.1, -0.05) is 12.1 Å². The van der Waals surface area contributed by atoms with Crippen molar-refractivity contribution in [3.63, 3.8) is 0 Å². The van der Waals surface area contributed by atoms with Crippen molar-refractivity contribution in [2.24, 2.45) is 5.73 Å². The third kappa shape index (κ3) is 22.6. The second-order valence-electron chi connectivity index (χ2n) is 22.2. The molecule has 12 atom stereocenters. The number of primary amides is 1. The fraction of sp³-hybridized carbons (Fsp3) is 0.607. The molecule has 0 spiro atoms. The molecule has 17 N–H and O–H groups in total. The zero-order chi connectivity index (χ0) is 68.7. The van der Waals surface area contributed by atoms with Gasteiger partial charge < -0.3 is 98.9 Å². The van der Waals surface area contributed by atoms with Crippen LogP contribution in [-0.4, -0.2) is 257 Å². The van der Waals surface area contributed by atoms with Crippen LogP contribution in [0.15, 0.2) is 24.3 Å². The maximum Gasteiger partial charge on any atom is 0.305 e. The van der Waals surface area contributed by atoms with Gasteiger partial charge >= 0.3 is 17.9 Å². The van der Waals surface area contributed by atoms with Crippen LogP contribution in [0.25, 0.3) is 0 Å².